The average Bonchev–Trinajstić information content (AvgIpc) is 3.19. The van der Waals surface area contributed by atoms with Gasteiger partial charge < -0.3 is 10.1 Å². The molecule has 1 aliphatic heterocycles. The summed E-state index contributed by atoms with van der Waals surface area (Å²) in [6.45, 7) is 6.91. The maximum absolute atomic E-state index is 11.7. The highest BCUT2D eigenvalue weighted by Gasteiger charge is 2.38. The van der Waals surface area contributed by atoms with E-state index in [1.165, 1.54) is 38.6 Å². The predicted molar refractivity (Wildman–Crippen MR) is 83.2 cm³/mol. The molecule has 0 aromatic rings. The summed E-state index contributed by atoms with van der Waals surface area (Å²) >= 11 is 0. The van der Waals surface area contributed by atoms with Gasteiger partial charge in [-0.05, 0) is 50.4 Å². The lowest BCUT2D eigenvalue weighted by Crippen LogP contribution is -2.56. The molecule has 2 saturated carbocycles. The van der Waals surface area contributed by atoms with Crippen LogP contribution in [-0.2, 0) is 4.74 Å². The zero-order valence-electron chi connectivity index (χ0n) is 13.5. The molecule has 4 nitrogen and oxygen atoms in total. The Bertz CT molecular complexity index is 364. The molecule has 0 aromatic carbocycles. The number of piperidine rings is 1. The van der Waals surface area contributed by atoms with Gasteiger partial charge in [-0.15, -0.1) is 0 Å². The third-order valence-electron chi connectivity index (χ3n) is 5.39. The molecule has 3 rings (SSSR count). The minimum atomic E-state index is -0.239. The van der Waals surface area contributed by atoms with Gasteiger partial charge in [-0.3, -0.25) is 4.90 Å². The normalized spacial score (nSPS) is 36.9. The van der Waals surface area contributed by atoms with E-state index in [1.54, 1.807) is 0 Å². The lowest BCUT2D eigenvalue weighted by atomic mass is 9.78. The molecule has 21 heavy (non-hydrogen) atoms. The topological polar surface area (TPSA) is 41.6 Å². The molecule has 2 aliphatic carbocycles. The molecule has 0 radical (unpaired) electrons. The molecule has 2 atom stereocenters. The van der Waals surface area contributed by atoms with Crippen LogP contribution in [0.25, 0.3) is 0 Å². The first-order valence-corrected chi connectivity index (χ1v) is 8.81. The minimum absolute atomic E-state index is 0.239. The number of nitrogens with zero attached hydrogens (tertiary/aromatic N) is 1. The van der Waals surface area contributed by atoms with E-state index in [4.69, 9.17) is 4.74 Å². The van der Waals surface area contributed by atoms with Crippen molar-refractivity contribution in [3.05, 3.63) is 0 Å². The Morgan fingerprint density at radius 2 is 1.95 bits per heavy atom. The largest absolute Gasteiger partial charge is 0.450 e. The molecule has 0 spiro atoms. The fourth-order valence-electron chi connectivity index (χ4n) is 4.14. The number of hydrogen-bond acceptors (Lipinski definition) is 3. The van der Waals surface area contributed by atoms with Crippen LogP contribution in [0.5, 0.6) is 0 Å². The van der Waals surface area contributed by atoms with Crippen LogP contribution in [0.15, 0.2) is 0 Å². The fraction of sp³-hybridized carbons (Fsp3) is 0.941. The SMILES string of the molecule is CCOC(=O)NC1CC(CC2CC2)CN(C2CC(C)C2)C1. The number of amides is 1. The van der Waals surface area contributed by atoms with Crippen LogP contribution in [0.1, 0.15) is 52.4 Å². The summed E-state index contributed by atoms with van der Waals surface area (Å²) in [5, 5.41) is 3.08. The van der Waals surface area contributed by atoms with Gasteiger partial charge in [0.25, 0.3) is 0 Å². The van der Waals surface area contributed by atoms with Crippen LogP contribution in [0.2, 0.25) is 0 Å². The maximum Gasteiger partial charge on any atom is 0.407 e. The number of nitrogens with one attached hydrogen (secondary N) is 1. The van der Waals surface area contributed by atoms with Crippen LogP contribution >= 0.6 is 0 Å². The first kappa shape index (κ1) is 15.1. The highest BCUT2D eigenvalue weighted by atomic mass is 16.5. The highest BCUT2D eigenvalue weighted by Crippen LogP contribution is 2.40. The van der Waals surface area contributed by atoms with Crippen molar-refractivity contribution < 1.29 is 9.53 Å². The molecule has 120 valence electrons. The first-order valence-electron chi connectivity index (χ1n) is 8.81. The number of likely N-dealkylation sites (tertiary alicyclic amines) is 1. The van der Waals surface area contributed by atoms with Crippen molar-refractivity contribution in [3.63, 3.8) is 0 Å². The molecule has 1 amide bonds. The van der Waals surface area contributed by atoms with Crippen molar-refractivity contribution in [2.75, 3.05) is 19.7 Å². The Kier molecular flexibility index (Phi) is 4.72. The monoisotopic (exact) mass is 294 g/mol. The molecule has 0 bridgehead atoms. The van der Waals surface area contributed by atoms with E-state index < -0.39 is 0 Å². The van der Waals surface area contributed by atoms with Gasteiger partial charge in [0.05, 0.1) is 6.61 Å². The smallest absolute Gasteiger partial charge is 0.407 e. The highest BCUT2D eigenvalue weighted by molar-refractivity contribution is 5.67. The number of ether oxygens (including phenoxy) is 1. The van der Waals surface area contributed by atoms with Gasteiger partial charge in [-0.1, -0.05) is 19.8 Å². The average molecular weight is 294 g/mol. The fourth-order valence-corrected chi connectivity index (χ4v) is 4.14. The Labute approximate surface area is 128 Å². The number of hydrogen-bond donors (Lipinski definition) is 1. The maximum atomic E-state index is 11.7. The molecule has 3 fully saturated rings. The Hall–Kier alpha value is -0.770. The van der Waals surface area contributed by atoms with Gasteiger partial charge in [0.2, 0.25) is 0 Å². The van der Waals surface area contributed by atoms with E-state index in [-0.39, 0.29) is 12.1 Å². The molecular formula is C17H30N2O2. The van der Waals surface area contributed by atoms with Gasteiger partial charge in [0.1, 0.15) is 0 Å². The second kappa shape index (κ2) is 6.55. The third-order valence-corrected chi connectivity index (χ3v) is 5.39. The number of carbonyl (C=O) groups is 1. The molecule has 0 aromatic heterocycles. The Morgan fingerprint density at radius 3 is 2.57 bits per heavy atom. The minimum Gasteiger partial charge on any atom is -0.450 e. The number of rotatable bonds is 5. The molecule has 1 N–H and O–H groups in total. The number of carbonyl (C=O) groups excluding carboxylic acids is 1. The van der Waals surface area contributed by atoms with Crippen LogP contribution in [-0.4, -0.2) is 42.8 Å². The van der Waals surface area contributed by atoms with Crippen LogP contribution in [0.3, 0.4) is 0 Å². The summed E-state index contributed by atoms with van der Waals surface area (Å²) in [5.74, 6) is 2.61. The van der Waals surface area contributed by atoms with Gasteiger partial charge in [0.15, 0.2) is 0 Å². The summed E-state index contributed by atoms with van der Waals surface area (Å²) in [6, 6.07) is 1.03. The second-order valence-electron chi connectivity index (χ2n) is 7.53. The van der Waals surface area contributed by atoms with Crippen molar-refractivity contribution in [3.8, 4) is 0 Å². The molecule has 3 aliphatic rings. The zero-order chi connectivity index (χ0) is 14.8. The van der Waals surface area contributed by atoms with Crippen molar-refractivity contribution in [2.24, 2.45) is 17.8 Å². The van der Waals surface area contributed by atoms with Gasteiger partial charge in [-0.2, -0.15) is 0 Å². The summed E-state index contributed by atoms with van der Waals surface area (Å²) < 4.78 is 5.06. The second-order valence-corrected chi connectivity index (χ2v) is 7.53. The predicted octanol–water partition coefficient (Wildman–Crippen LogP) is 3.02. The first-order chi connectivity index (χ1) is 10.1. The van der Waals surface area contributed by atoms with E-state index in [0.29, 0.717) is 6.61 Å². The van der Waals surface area contributed by atoms with Crippen LogP contribution in [0.4, 0.5) is 4.79 Å². The lowest BCUT2D eigenvalue weighted by molar-refractivity contribution is 0.0299. The molecule has 2 unspecified atom stereocenters. The summed E-state index contributed by atoms with van der Waals surface area (Å²) in [7, 11) is 0. The molecule has 1 heterocycles. The molecular weight excluding hydrogens is 264 g/mol. The standard InChI is InChI=1S/C17H30N2O2/c1-3-21-17(20)18-15-9-14(8-13-4-5-13)10-19(11-15)16-6-12(2)7-16/h12-16H,3-11H2,1-2H3,(H,18,20). The molecule has 4 heteroatoms. The van der Waals surface area contributed by atoms with Gasteiger partial charge >= 0.3 is 6.09 Å². The molecule has 1 saturated heterocycles. The summed E-state index contributed by atoms with van der Waals surface area (Å²) in [4.78, 5) is 14.4. The zero-order valence-corrected chi connectivity index (χ0v) is 13.5. The summed E-state index contributed by atoms with van der Waals surface area (Å²) in [5.41, 5.74) is 0. The van der Waals surface area contributed by atoms with E-state index in [1.807, 2.05) is 6.92 Å². The Morgan fingerprint density at radius 1 is 1.19 bits per heavy atom. The van der Waals surface area contributed by atoms with E-state index in [2.05, 4.69) is 17.1 Å². The number of alkyl carbamates (subject to hydrolysis) is 1. The van der Waals surface area contributed by atoms with Crippen molar-refractivity contribution >= 4 is 6.09 Å². The van der Waals surface area contributed by atoms with Crippen LogP contribution < -0.4 is 5.32 Å². The quantitative estimate of drug-likeness (QED) is 0.847. The van der Waals surface area contributed by atoms with Crippen molar-refractivity contribution in [2.45, 2.75) is 64.5 Å². The third kappa shape index (κ3) is 4.12. The van der Waals surface area contributed by atoms with E-state index in [0.717, 1.165) is 36.8 Å². The van der Waals surface area contributed by atoms with E-state index in [9.17, 15) is 4.79 Å². The van der Waals surface area contributed by atoms with Gasteiger partial charge in [0, 0.05) is 25.2 Å². The van der Waals surface area contributed by atoms with Crippen molar-refractivity contribution in [1.82, 2.24) is 10.2 Å². The summed E-state index contributed by atoms with van der Waals surface area (Å²) in [6.07, 6.45) is 7.77. The van der Waals surface area contributed by atoms with Crippen LogP contribution in [0, 0.1) is 17.8 Å². The lowest BCUT2D eigenvalue weighted by Gasteiger charge is -2.47. The van der Waals surface area contributed by atoms with Gasteiger partial charge in [-0.25, -0.2) is 4.79 Å². The Balaban J connectivity index is 1.55. The van der Waals surface area contributed by atoms with Crippen molar-refractivity contribution in [1.29, 1.82) is 0 Å². The van der Waals surface area contributed by atoms with E-state index >= 15 is 0 Å².